The van der Waals surface area contributed by atoms with Gasteiger partial charge >= 0.3 is 0 Å². The van der Waals surface area contributed by atoms with E-state index in [-0.39, 0.29) is 58.0 Å². The van der Waals surface area contributed by atoms with Crippen molar-refractivity contribution in [3.8, 4) is 17.2 Å². The molecule has 0 saturated heterocycles. The molecule has 0 aromatic heterocycles. The molecule has 0 aliphatic heterocycles. The first-order chi connectivity index (χ1) is 15.4. The van der Waals surface area contributed by atoms with Gasteiger partial charge in [-0.2, -0.15) is 0 Å². The van der Waals surface area contributed by atoms with Crippen LogP contribution in [-0.4, -0.2) is 52.4 Å². The zero-order chi connectivity index (χ0) is 23.2. The lowest BCUT2D eigenvalue weighted by Crippen LogP contribution is -2.31. The summed E-state index contributed by atoms with van der Waals surface area (Å²) in [5.74, 6) is -0.129. The fourth-order valence-corrected chi connectivity index (χ4v) is 5.20. The van der Waals surface area contributed by atoms with Crippen molar-refractivity contribution in [1.29, 1.82) is 0 Å². The first kappa shape index (κ1) is 22.0. The molecule has 0 heterocycles. The van der Waals surface area contributed by atoms with Crippen molar-refractivity contribution >= 4 is 17.3 Å². The number of carbonyl (C=O) groups is 3. The fraction of sp³-hybridized carbons (Fsp3) is 0.400. The van der Waals surface area contributed by atoms with Crippen LogP contribution in [0.25, 0.3) is 0 Å². The van der Waals surface area contributed by atoms with E-state index < -0.39 is 0 Å². The number of methoxy groups -OCH3 is 4. The Labute approximate surface area is 186 Å². The molecule has 0 N–H and O–H groups in total. The van der Waals surface area contributed by atoms with E-state index in [1.165, 1.54) is 28.4 Å². The summed E-state index contributed by atoms with van der Waals surface area (Å²) in [4.78, 5) is 40.0. The average Bonchev–Trinajstić information content (AvgIpc) is 2.80. The van der Waals surface area contributed by atoms with Crippen LogP contribution in [0.5, 0.6) is 17.2 Å². The highest BCUT2D eigenvalue weighted by Gasteiger charge is 2.43. The molecule has 0 fully saturated rings. The molecule has 0 radical (unpaired) electrons. The third-order valence-corrected chi connectivity index (χ3v) is 6.59. The van der Waals surface area contributed by atoms with Crippen LogP contribution in [0.1, 0.15) is 62.2 Å². The van der Waals surface area contributed by atoms with Crippen LogP contribution in [-0.2, 0) is 16.0 Å². The first-order valence-corrected chi connectivity index (χ1v) is 10.5. The van der Waals surface area contributed by atoms with Crippen LogP contribution in [0.4, 0.5) is 0 Å². The Hall–Kier alpha value is -3.19. The monoisotopic (exact) mass is 438 g/mol. The molecule has 0 saturated carbocycles. The molecular formula is C25H26O7. The Morgan fingerprint density at radius 3 is 2.25 bits per heavy atom. The second-order valence-corrected chi connectivity index (χ2v) is 8.08. The molecule has 0 bridgehead atoms. The largest absolute Gasteiger partial charge is 0.496 e. The minimum Gasteiger partial charge on any atom is -0.496 e. The molecule has 2 aromatic rings. The number of ketones is 3. The summed E-state index contributed by atoms with van der Waals surface area (Å²) in [6.07, 6.45) is 1.11. The van der Waals surface area contributed by atoms with Crippen molar-refractivity contribution in [3.63, 3.8) is 0 Å². The van der Waals surface area contributed by atoms with Crippen LogP contribution >= 0.6 is 0 Å². The summed E-state index contributed by atoms with van der Waals surface area (Å²) in [7, 11) is 5.93. The van der Waals surface area contributed by atoms with E-state index >= 15 is 0 Å². The third kappa shape index (κ3) is 3.03. The SMILES string of the molecule is COCC(=O)[C@H]1CCc2c(OC)c3c(c(OC)c2C1C)C(=O)c1cccc(OC)c1C3=O. The highest BCUT2D eigenvalue weighted by atomic mass is 16.5. The van der Waals surface area contributed by atoms with Gasteiger partial charge in [0.05, 0.1) is 38.0 Å². The van der Waals surface area contributed by atoms with Crippen molar-refractivity contribution in [1.82, 2.24) is 0 Å². The van der Waals surface area contributed by atoms with Gasteiger partial charge in [-0.1, -0.05) is 19.1 Å². The van der Waals surface area contributed by atoms with Gasteiger partial charge < -0.3 is 18.9 Å². The van der Waals surface area contributed by atoms with Gasteiger partial charge in [-0.05, 0) is 24.8 Å². The van der Waals surface area contributed by atoms with Gasteiger partial charge in [0.25, 0.3) is 0 Å². The predicted octanol–water partition coefficient (Wildman–Crippen LogP) is 3.37. The quantitative estimate of drug-likeness (QED) is 0.583. The van der Waals surface area contributed by atoms with Crippen LogP contribution in [0, 0.1) is 5.92 Å². The molecule has 4 rings (SSSR count). The smallest absolute Gasteiger partial charge is 0.202 e. The fourth-order valence-electron chi connectivity index (χ4n) is 5.20. The van der Waals surface area contributed by atoms with Gasteiger partial charge in [0.15, 0.2) is 11.6 Å². The Bertz CT molecular complexity index is 1130. The summed E-state index contributed by atoms with van der Waals surface area (Å²) in [5, 5.41) is 0. The van der Waals surface area contributed by atoms with Crippen LogP contribution < -0.4 is 14.2 Å². The molecule has 0 amide bonds. The molecule has 2 aliphatic rings. The second kappa shape index (κ2) is 8.39. The second-order valence-electron chi connectivity index (χ2n) is 8.08. The van der Waals surface area contributed by atoms with E-state index in [4.69, 9.17) is 18.9 Å². The van der Waals surface area contributed by atoms with Gasteiger partial charge in [0.1, 0.15) is 23.9 Å². The van der Waals surface area contributed by atoms with Gasteiger partial charge in [-0.15, -0.1) is 0 Å². The summed E-state index contributed by atoms with van der Waals surface area (Å²) < 4.78 is 21.9. The number of ether oxygens (including phenoxy) is 4. The van der Waals surface area contributed by atoms with Crippen LogP contribution in [0.15, 0.2) is 18.2 Å². The Kier molecular flexibility index (Phi) is 5.77. The molecule has 7 nitrogen and oxygen atoms in total. The van der Waals surface area contributed by atoms with E-state index in [0.29, 0.717) is 30.1 Å². The van der Waals surface area contributed by atoms with E-state index in [0.717, 1.165) is 11.1 Å². The molecular weight excluding hydrogens is 412 g/mol. The Balaban J connectivity index is 2.01. The number of benzene rings is 2. The molecule has 2 aromatic carbocycles. The molecule has 0 spiro atoms. The lowest BCUT2D eigenvalue weighted by atomic mass is 9.70. The Morgan fingerprint density at radius 2 is 1.62 bits per heavy atom. The molecule has 2 atom stereocenters. The number of rotatable bonds is 6. The van der Waals surface area contributed by atoms with Gasteiger partial charge in [-0.25, -0.2) is 0 Å². The zero-order valence-electron chi connectivity index (χ0n) is 18.9. The molecule has 7 heteroatoms. The normalized spacial score (nSPS) is 19.0. The van der Waals surface area contributed by atoms with E-state index in [1.807, 2.05) is 6.92 Å². The molecule has 1 unspecified atom stereocenters. The minimum atomic E-state index is -0.338. The highest BCUT2D eigenvalue weighted by molar-refractivity contribution is 6.31. The van der Waals surface area contributed by atoms with Gasteiger partial charge in [-0.3, -0.25) is 14.4 Å². The maximum absolute atomic E-state index is 13.7. The summed E-state index contributed by atoms with van der Waals surface area (Å²) in [5.41, 5.74) is 2.41. The highest BCUT2D eigenvalue weighted by Crippen LogP contribution is 2.51. The topological polar surface area (TPSA) is 88.1 Å². The van der Waals surface area contributed by atoms with E-state index in [2.05, 4.69) is 0 Å². The standard InChI is InChI=1S/C25H26O7/c1-12-13(16(26)11-29-2)9-10-15-18(12)25(32-5)20-21(24(15)31-4)23(28)19-14(22(20)27)7-6-8-17(19)30-3/h6-8,12-13H,9-11H2,1-5H3/t12?,13-/m0/s1. The number of fused-ring (bicyclic) bond motifs is 3. The van der Waals surface area contributed by atoms with Gasteiger partial charge in [0, 0.05) is 29.7 Å². The number of hydrogen-bond acceptors (Lipinski definition) is 7. The minimum absolute atomic E-state index is 0.00174. The molecule has 168 valence electrons. The maximum atomic E-state index is 13.7. The lowest BCUT2D eigenvalue weighted by molar-refractivity contribution is -0.127. The molecule has 32 heavy (non-hydrogen) atoms. The van der Waals surface area contributed by atoms with Crippen LogP contribution in [0.2, 0.25) is 0 Å². The van der Waals surface area contributed by atoms with Crippen molar-refractivity contribution in [3.05, 3.63) is 51.6 Å². The summed E-state index contributed by atoms with van der Waals surface area (Å²) >= 11 is 0. The van der Waals surface area contributed by atoms with Crippen molar-refractivity contribution < 1.29 is 33.3 Å². The first-order valence-electron chi connectivity index (χ1n) is 10.5. The van der Waals surface area contributed by atoms with Crippen molar-refractivity contribution in [2.45, 2.75) is 25.7 Å². The van der Waals surface area contributed by atoms with E-state index in [1.54, 1.807) is 18.2 Å². The Morgan fingerprint density at radius 1 is 0.938 bits per heavy atom. The number of carbonyl (C=O) groups excluding carboxylic acids is 3. The van der Waals surface area contributed by atoms with E-state index in [9.17, 15) is 14.4 Å². The van der Waals surface area contributed by atoms with Crippen molar-refractivity contribution in [2.75, 3.05) is 35.0 Å². The number of Topliss-reactive ketones (excluding diaryl/α,β-unsaturated/α-hetero) is 1. The molecule has 2 aliphatic carbocycles. The van der Waals surface area contributed by atoms with Gasteiger partial charge in [0.2, 0.25) is 5.78 Å². The third-order valence-electron chi connectivity index (χ3n) is 6.59. The average molecular weight is 438 g/mol. The summed E-state index contributed by atoms with van der Waals surface area (Å²) in [6.45, 7) is 1.97. The van der Waals surface area contributed by atoms with Crippen molar-refractivity contribution in [2.24, 2.45) is 5.92 Å². The number of hydrogen-bond donors (Lipinski definition) is 0. The summed E-state index contributed by atoms with van der Waals surface area (Å²) in [6, 6.07) is 4.95. The zero-order valence-corrected chi connectivity index (χ0v) is 18.9. The predicted molar refractivity (Wildman–Crippen MR) is 117 cm³/mol. The maximum Gasteiger partial charge on any atom is 0.202 e. The van der Waals surface area contributed by atoms with Crippen LogP contribution in [0.3, 0.4) is 0 Å². The lowest BCUT2D eigenvalue weighted by Gasteiger charge is -2.35.